The molecule has 0 bridgehead atoms. The highest BCUT2D eigenvalue weighted by Crippen LogP contribution is 2.09. The van der Waals surface area contributed by atoms with Crippen molar-refractivity contribution in [3.8, 4) is 5.75 Å². The zero-order chi connectivity index (χ0) is 8.10. The molecule has 1 unspecified atom stereocenters. The molecule has 0 aliphatic rings. The molecule has 2 nitrogen and oxygen atoms in total. The Balaban J connectivity index is 2.57. The zero-order valence-corrected chi connectivity index (χ0v) is 6.36. The van der Waals surface area contributed by atoms with Crippen LogP contribution in [0.2, 0.25) is 0 Å². The van der Waals surface area contributed by atoms with Gasteiger partial charge in [-0.15, -0.1) is 0 Å². The largest absolute Gasteiger partial charge is 0.483 e. The predicted molar refractivity (Wildman–Crippen MR) is 42.6 cm³/mol. The molecule has 1 atom stereocenters. The lowest BCUT2D eigenvalue weighted by atomic mass is 10.3. The number of hydrogen-bond acceptors (Lipinski definition) is 2. The van der Waals surface area contributed by atoms with E-state index in [1.807, 2.05) is 30.3 Å². The minimum absolute atomic E-state index is 0.364. The number of ether oxygens (including phenoxy) is 1. The fraction of sp³-hybridized carbons (Fsp3) is 0.222. The molecule has 58 valence electrons. The van der Waals surface area contributed by atoms with Crippen LogP contribution in [0.4, 0.5) is 0 Å². The zero-order valence-electron chi connectivity index (χ0n) is 6.36. The first-order chi connectivity index (χ1) is 5.33. The summed E-state index contributed by atoms with van der Waals surface area (Å²) in [5.74, 6) is 0.729. The van der Waals surface area contributed by atoms with Crippen molar-refractivity contribution in [3.63, 3.8) is 0 Å². The van der Waals surface area contributed by atoms with Gasteiger partial charge in [-0.1, -0.05) is 18.2 Å². The van der Waals surface area contributed by atoms with Crippen LogP contribution in [0.3, 0.4) is 0 Å². The van der Waals surface area contributed by atoms with Crippen molar-refractivity contribution in [3.05, 3.63) is 30.3 Å². The van der Waals surface area contributed by atoms with Gasteiger partial charge in [0.1, 0.15) is 5.75 Å². The minimum atomic E-state index is -0.364. The molecule has 0 amide bonds. The Kier molecular flexibility index (Phi) is 2.66. The van der Waals surface area contributed by atoms with Crippen molar-refractivity contribution in [2.45, 2.75) is 13.0 Å². The van der Waals surface area contributed by atoms with Crippen LogP contribution in [0.1, 0.15) is 6.92 Å². The first kappa shape index (κ1) is 7.79. The van der Waals surface area contributed by atoms with E-state index in [9.17, 15) is 4.79 Å². The van der Waals surface area contributed by atoms with Gasteiger partial charge in [0.2, 0.25) is 0 Å². The fourth-order valence-corrected chi connectivity index (χ4v) is 0.741. The predicted octanol–water partition coefficient (Wildman–Crippen LogP) is 1.65. The van der Waals surface area contributed by atoms with Crippen molar-refractivity contribution in [1.29, 1.82) is 0 Å². The third-order valence-electron chi connectivity index (χ3n) is 1.26. The van der Waals surface area contributed by atoms with E-state index in [2.05, 4.69) is 0 Å². The molecule has 0 radical (unpaired) electrons. The van der Waals surface area contributed by atoms with Crippen LogP contribution in [0.15, 0.2) is 30.3 Å². The number of rotatable bonds is 3. The van der Waals surface area contributed by atoms with Gasteiger partial charge in [-0.2, -0.15) is 0 Å². The highest BCUT2D eigenvalue weighted by Gasteiger charge is 1.98. The Labute approximate surface area is 65.8 Å². The highest BCUT2D eigenvalue weighted by molar-refractivity contribution is 5.55. The van der Waals surface area contributed by atoms with E-state index in [0.29, 0.717) is 0 Å². The second-order valence-electron chi connectivity index (χ2n) is 2.27. The fourth-order valence-electron chi connectivity index (χ4n) is 0.741. The first-order valence-corrected chi connectivity index (χ1v) is 3.50. The molecule has 1 aromatic carbocycles. The first-order valence-electron chi connectivity index (χ1n) is 3.50. The summed E-state index contributed by atoms with van der Waals surface area (Å²) in [6, 6.07) is 9.28. The van der Waals surface area contributed by atoms with E-state index in [0.717, 1.165) is 12.0 Å². The average molecular weight is 150 g/mol. The number of carbonyl (C=O) groups is 1. The van der Waals surface area contributed by atoms with Crippen molar-refractivity contribution in [1.82, 2.24) is 0 Å². The van der Waals surface area contributed by atoms with Crippen LogP contribution in [-0.2, 0) is 4.79 Å². The lowest BCUT2D eigenvalue weighted by molar-refractivity contribution is -0.113. The highest BCUT2D eigenvalue weighted by atomic mass is 16.5. The summed E-state index contributed by atoms with van der Waals surface area (Å²) in [6.07, 6.45) is 0.407. The Morgan fingerprint density at radius 3 is 2.55 bits per heavy atom. The molecule has 0 saturated heterocycles. The van der Waals surface area contributed by atoms with Crippen LogP contribution in [-0.4, -0.2) is 12.4 Å². The summed E-state index contributed by atoms with van der Waals surface area (Å²) in [5.41, 5.74) is 0. The summed E-state index contributed by atoms with van der Waals surface area (Å²) < 4.78 is 5.20. The van der Waals surface area contributed by atoms with E-state index in [-0.39, 0.29) is 6.10 Å². The lowest BCUT2D eigenvalue weighted by Gasteiger charge is -2.06. The van der Waals surface area contributed by atoms with Crippen molar-refractivity contribution in [2.75, 3.05) is 0 Å². The normalized spacial score (nSPS) is 12.1. The van der Waals surface area contributed by atoms with E-state index >= 15 is 0 Å². The van der Waals surface area contributed by atoms with Gasteiger partial charge >= 0.3 is 0 Å². The summed E-state index contributed by atoms with van der Waals surface area (Å²) in [4.78, 5) is 10.2. The van der Waals surface area contributed by atoms with Crippen LogP contribution in [0.5, 0.6) is 5.75 Å². The standard InChI is InChI=1S/C9H10O2/c1-8(7-10)11-9-5-3-2-4-6-9/h2-8H,1H3. The maximum atomic E-state index is 10.2. The van der Waals surface area contributed by atoms with Gasteiger partial charge in [-0.25, -0.2) is 0 Å². The van der Waals surface area contributed by atoms with Crippen LogP contribution >= 0.6 is 0 Å². The summed E-state index contributed by atoms with van der Waals surface area (Å²) in [5, 5.41) is 0. The molecule has 0 aromatic heterocycles. The van der Waals surface area contributed by atoms with Crippen LogP contribution < -0.4 is 4.74 Å². The number of aldehydes is 1. The van der Waals surface area contributed by atoms with Crippen molar-refractivity contribution >= 4 is 6.29 Å². The minimum Gasteiger partial charge on any atom is -0.483 e. The average Bonchev–Trinajstić information content (AvgIpc) is 2.06. The Morgan fingerprint density at radius 1 is 1.36 bits per heavy atom. The van der Waals surface area contributed by atoms with Gasteiger partial charge in [-0.05, 0) is 19.1 Å². The van der Waals surface area contributed by atoms with E-state index in [4.69, 9.17) is 4.74 Å². The number of para-hydroxylation sites is 1. The molecule has 0 heterocycles. The Bertz CT molecular complexity index is 218. The maximum absolute atomic E-state index is 10.2. The van der Waals surface area contributed by atoms with Gasteiger partial charge in [0.05, 0.1) is 0 Å². The Hall–Kier alpha value is -1.31. The van der Waals surface area contributed by atoms with Gasteiger partial charge in [-0.3, -0.25) is 4.79 Å². The second-order valence-corrected chi connectivity index (χ2v) is 2.27. The number of carbonyl (C=O) groups excluding carboxylic acids is 1. The molecule has 0 saturated carbocycles. The lowest BCUT2D eigenvalue weighted by Crippen LogP contribution is -2.12. The third-order valence-corrected chi connectivity index (χ3v) is 1.26. The van der Waals surface area contributed by atoms with E-state index in [1.165, 1.54) is 0 Å². The molecular formula is C9H10O2. The van der Waals surface area contributed by atoms with Gasteiger partial charge < -0.3 is 4.74 Å². The van der Waals surface area contributed by atoms with Crippen LogP contribution in [0, 0.1) is 0 Å². The van der Waals surface area contributed by atoms with Crippen LogP contribution in [0.25, 0.3) is 0 Å². The molecule has 0 aliphatic carbocycles. The van der Waals surface area contributed by atoms with E-state index in [1.54, 1.807) is 6.92 Å². The van der Waals surface area contributed by atoms with E-state index < -0.39 is 0 Å². The third kappa shape index (κ3) is 2.42. The number of benzene rings is 1. The monoisotopic (exact) mass is 150 g/mol. The molecule has 1 rings (SSSR count). The van der Waals surface area contributed by atoms with Crippen molar-refractivity contribution in [2.24, 2.45) is 0 Å². The molecule has 0 aliphatic heterocycles. The topological polar surface area (TPSA) is 26.3 Å². The molecule has 1 aromatic rings. The van der Waals surface area contributed by atoms with Gasteiger partial charge in [0.25, 0.3) is 0 Å². The molecule has 0 fully saturated rings. The molecule has 0 spiro atoms. The molecule has 2 heteroatoms. The smallest absolute Gasteiger partial charge is 0.160 e. The van der Waals surface area contributed by atoms with Crippen molar-refractivity contribution < 1.29 is 9.53 Å². The quantitative estimate of drug-likeness (QED) is 0.612. The SMILES string of the molecule is CC(C=O)Oc1ccccc1. The molecular weight excluding hydrogens is 140 g/mol. The number of hydrogen-bond donors (Lipinski definition) is 0. The molecule has 11 heavy (non-hydrogen) atoms. The molecule has 0 N–H and O–H groups in total. The maximum Gasteiger partial charge on any atom is 0.160 e. The van der Waals surface area contributed by atoms with Gasteiger partial charge in [0.15, 0.2) is 12.4 Å². The summed E-state index contributed by atoms with van der Waals surface area (Å²) in [7, 11) is 0. The Morgan fingerprint density at radius 2 is 2.00 bits per heavy atom. The van der Waals surface area contributed by atoms with Gasteiger partial charge in [0, 0.05) is 0 Å². The summed E-state index contributed by atoms with van der Waals surface area (Å²) >= 11 is 0. The summed E-state index contributed by atoms with van der Waals surface area (Å²) in [6.45, 7) is 1.71. The second kappa shape index (κ2) is 3.76.